The van der Waals surface area contributed by atoms with Gasteiger partial charge in [-0.05, 0) is 42.5 Å². The summed E-state index contributed by atoms with van der Waals surface area (Å²) in [5, 5.41) is 4.77. The van der Waals surface area contributed by atoms with E-state index in [0.29, 0.717) is 17.1 Å². The monoisotopic (exact) mass is 410 g/mol. The molecule has 5 heteroatoms. The van der Waals surface area contributed by atoms with Crippen LogP contribution in [0.2, 0.25) is 0 Å². The average Bonchev–Trinajstić information content (AvgIpc) is 3.27. The van der Waals surface area contributed by atoms with Crippen LogP contribution in [0.1, 0.15) is 15.9 Å². The summed E-state index contributed by atoms with van der Waals surface area (Å²) >= 11 is 0. The number of benzene rings is 3. The Morgan fingerprint density at radius 3 is 2.23 bits per heavy atom. The van der Waals surface area contributed by atoms with Crippen molar-refractivity contribution >= 4 is 11.9 Å². The number of ketones is 1. The van der Waals surface area contributed by atoms with E-state index in [0.717, 1.165) is 22.5 Å². The zero-order valence-electron chi connectivity index (χ0n) is 17.4. The van der Waals surface area contributed by atoms with E-state index >= 15 is 0 Å². The van der Waals surface area contributed by atoms with Gasteiger partial charge in [-0.25, -0.2) is 4.68 Å². The van der Waals surface area contributed by atoms with Crippen molar-refractivity contribution in [1.82, 2.24) is 9.78 Å². The topological polar surface area (TPSA) is 53.4 Å². The summed E-state index contributed by atoms with van der Waals surface area (Å²) in [5.74, 6) is 0.967. The minimum absolute atomic E-state index is 0.132. The van der Waals surface area contributed by atoms with E-state index in [9.17, 15) is 4.79 Å². The van der Waals surface area contributed by atoms with Gasteiger partial charge in [0.2, 0.25) is 0 Å². The highest BCUT2D eigenvalue weighted by Crippen LogP contribution is 2.28. The molecule has 0 bridgehead atoms. The highest BCUT2D eigenvalue weighted by atomic mass is 16.5. The van der Waals surface area contributed by atoms with Gasteiger partial charge in [-0.2, -0.15) is 5.10 Å². The number of aromatic nitrogens is 2. The Labute approximate surface area is 181 Å². The van der Waals surface area contributed by atoms with Crippen LogP contribution >= 0.6 is 0 Å². The summed E-state index contributed by atoms with van der Waals surface area (Å²) in [5.41, 5.74) is 4.11. The molecule has 0 spiro atoms. The smallest absolute Gasteiger partial charge is 0.185 e. The second-order valence-corrected chi connectivity index (χ2v) is 6.85. The Morgan fingerprint density at radius 2 is 1.55 bits per heavy atom. The minimum Gasteiger partial charge on any atom is -0.493 e. The summed E-state index contributed by atoms with van der Waals surface area (Å²) in [6.45, 7) is 0. The molecule has 0 amide bonds. The van der Waals surface area contributed by atoms with Crippen molar-refractivity contribution < 1.29 is 14.3 Å². The van der Waals surface area contributed by atoms with Crippen molar-refractivity contribution in [3.63, 3.8) is 0 Å². The van der Waals surface area contributed by atoms with Gasteiger partial charge in [-0.1, -0.05) is 48.5 Å². The van der Waals surface area contributed by atoms with Gasteiger partial charge < -0.3 is 9.47 Å². The van der Waals surface area contributed by atoms with Crippen LogP contribution in [0.4, 0.5) is 0 Å². The molecule has 0 fully saturated rings. The molecule has 0 unspecified atom stereocenters. The number of methoxy groups -OCH3 is 2. The number of carbonyl (C=O) groups is 1. The summed E-state index contributed by atoms with van der Waals surface area (Å²) < 4.78 is 12.4. The molecular formula is C26H22N2O3. The molecular weight excluding hydrogens is 388 g/mol. The van der Waals surface area contributed by atoms with Crippen molar-refractivity contribution in [2.24, 2.45) is 0 Å². The van der Waals surface area contributed by atoms with Crippen LogP contribution in [-0.4, -0.2) is 29.8 Å². The fraction of sp³-hybridized carbons (Fsp3) is 0.0769. The fourth-order valence-electron chi connectivity index (χ4n) is 3.29. The van der Waals surface area contributed by atoms with Gasteiger partial charge in [0, 0.05) is 22.9 Å². The van der Waals surface area contributed by atoms with Gasteiger partial charge in [0.1, 0.15) is 0 Å². The van der Waals surface area contributed by atoms with Gasteiger partial charge in [-0.3, -0.25) is 4.79 Å². The standard InChI is InChI=1S/C26H22N2O3/c1-30-24-16-14-20(17-25(24)31-2)23(29)15-13-21-18-28(22-11-7-4-8-12-22)27-26(21)19-9-5-3-6-10-19/h3-18H,1-2H3/b15-13+. The van der Waals surface area contributed by atoms with Gasteiger partial charge in [0.05, 0.1) is 25.6 Å². The zero-order valence-corrected chi connectivity index (χ0v) is 17.4. The van der Waals surface area contributed by atoms with Crippen LogP contribution in [0.3, 0.4) is 0 Å². The van der Waals surface area contributed by atoms with Crippen molar-refractivity contribution in [1.29, 1.82) is 0 Å². The Morgan fingerprint density at radius 1 is 0.871 bits per heavy atom. The van der Waals surface area contributed by atoms with Gasteiger partial charge in [-0.15, -0.1) is 0 Å². The lowest BCUT2D eigenvalue weighted by Gasteiger charge is -2.08. The van der Waals surface area contributed by atoms with Crippen LogP contribution in [0, 0.1) is 0 Å². The summed E-state index contributed by atoms with van der Waals surface area (Å²) in [6.07, 6.45) is 5.28. The van der Waals surface area contributed by atoms with Crippen LogP contribution in [0.5, 0.6) is 11.5 Å². The second-order valence-electron chi connectivity index (χ2n) is 6.85. The first-order valence-corrected chi connectivity index (χ1v) is 9.84. The van der Waals surface area contributed by atoms with E-state index in [1.54, 1.807) is 44.6 Å². The van der Waals surface area contributed by atoms with Crippen LogP contribution in [0.25, 0.3) is 23.0 Å². The van der Waals surface area contributed by atoms with Crippen molar-refractivity contribution in [2.75, 3.05) is 14.2 Å². The molecule has 1 aromatic heterocycles. The number of ether oxygens (including phenoxy) is 2. The molecule has 0 N–H and O–H groups in total. The second kappa shape index (κ2) is 9.13. The maximum atomic E-state index is 12.8. The first-order valence-electron chi connectivity index (χ1n) is 9.84. The predicted molar refractivity (Wildman–Crippen MR) is 122 cm³/mol. The third-order valence-corrected chi connectivity index (χ3v) is 4.89. The first kappa shape index (κ1) is 20.2. The molecule has 0 saturated heterocycles. The first-order chi connectivity index (χ1) is 15.2. The largest absolute Gasteiger partial charge is 0.493 e. The van der Waals surface area contributed by atoms with E-state index in [1.165, 1.54) is 0 Å². The number of para-hydroxylation sites is 1. The van der Waals surface area contributed by atoms with Crippen molar-refractivity contribution in [3.05, 3.63) is 102 Å². The van der Waals surface area contributed by atoms with Gasteiger partial charge in [0.15, 0.2) is 17.3 Å². The molecule has 0 atom stereocenters. The van der Waals surface area contributed by atoms with E-state index in [1.807, 2.05) is 71.5 Å². The van der Waals surface area contributed by atoms with Gasteiger partial charge in [0.25, 0.3) is 0 Å². The van der Waals surface area contributed by atoms with E-state index in [4.69, 9.17) is 14.6 Å². The van der Waals surface area contributed by atoms with E-state index < -0.39 is 0 Å². The maximum Gasteiger partial charge on any atom is 0.185 e. The molecule has 0 aliphatic carbocycles. The van der Waals surface area contributed by atoms with E-state index in [2.05, 4.69) is 0 Å². The number of allylic oxidation sites excluding steroid dienone is 1. The minimum atomic E-state index is -0.132. The molecule has 0 aliphatic rings. The Balaban J connectivity index is 1.69. The number of hydrogen-bond acceptors (Lipinski definition) is 4. The highest BCUT2D eigenvalue weighted by molar-refractivity contribution is 6.07. The van der Waals surface area contributed by atoms with E-state index in [-0.39, 0.29) is 5.78 Å². The normalized spacial score (nSPS) is 10.9. The summed E-state index contributed by atoms with van der Waals surface area (Å²) in [7, 11) is 3.11. The SMILES string of the molecule is COc1ccc(C(=O)/C=C/c2cn(-c3ccccc3)nc2-c2ccccc2)cc1OC. The van der Waals surface area contributed by atoms with Crippen LogP contribution < -0.4 is 9.47 Å². The molecule has 5 nitrogen and oxygen atoms in total. The lowest BCUT2D eigenvalue weighted by atomic mass is 10.1. The highest BCUT2D eigenvalue weighted by Gasteiger charge is 2.12. The average molecular weight is 410 g/mol. The van der Waals surface area contributed by atoms with Crippen molar-refractivity contribution in [3.8, 4) is 28.4 Å². The number of hydrogen-bond donors (Lipinski definition) is 0. The Kier molecular flexibility index (Phi) is 5.94. The quantitative estimate of drug-likeness (QED) is 0.300. The molecule has 0 aliphatic heterocycles. The predicted octanol–water partition coefficient (Wildman–Crippen LogP) is 5.45. The van der Waals surface area contributed by atoms with Gasteiger partial charge >= 0.3 is 0 Å². The Hall–Kier alpha value is -4.12. The molecule has 0 saturated carbocycles. The number of nitrogens with zero attached hydrogens (tertiary/aromatic N) is 2. The molecule has 4 rings (SSSR count). The number of rotatable bonds is 7. The molecule has 31 heavy (non-hydrogen) atoms. The third-order valence-electron chi connectivity index (χ3n) is 4.89. The maximum absolute atomic E-state index is 12.8. The molecule has 4 aromatic rings. The third kappa shape index (κ3) is 4.41. The summed E-state index contributed by atoms with van der Waals surface area (Å²) in [6, 6.07) is 24.9. The van der Waals surface area contributed by atoms with Crippen molar-refractivity contribution in [2.45, 2.75) is 0 Å². The zero-order chi connectivity index (χ0) is 21.6. The summed E-state index contributed by atoms with van der Waals surface area (Å²) in [4.78, 5) is 12.8. The molecule has 0 radical (unpaired) electrons. The number of carbonyl (C=O) groups excluding carboxylic acids is 1. The van der Waals surface area contributed by atoms with Crippen LogP contribution in [-0.2, 0) is 0 Å². The fourth-order valence-corrected chi connectivity index (χ4v) is 3.29. The molecule has 1 heterocycles. The molecule has 154 valence electrons. The molecule has 3 aromatic carbocycles. The lowest BCUT2D eigenvalue weighted by molar-refractivity contribution is 0.104. The Bertz CT molecular complexity index is 1210. The van der Waals surface area contributed by atoms with Crippen LogP contribution in [0.15, 0.2) is 91.1 Å². The lowest BCUT2D eigenvalue weighted by Crippen LogP contribution is -1.97.